The molecule has 1 aliphatic carbocycles. The second-order valence-electron chi connectivity index (χ2n) is 4.21. The zero-order chi connectivity index (χ0) is 9.54. The van der Waals surface area contributed by atoms with Gasteiger partial charge < -0.3 is 4.79 Å². The van der Waals surface area contributed by atoms with Gasteiger partial charge in [0.1, 0.15) is 12.1 Å². The first-order chi connectivity index (χ1) is 6.88. The molecule has 0 radical (unpaired) electrons. The Morgan fingerprint density at radius 3 is 2.93 bits per heavy atom. The predicted octanol–water partition coefficient (Wildman–Crippen LogP) is 1.23. The van der Waals surface area contributed by atoms with E-state index in [1.807, 2.05) is 4.68 Å². The highest BCUT2D eigenvalue weighted by molar-refractivity contribution is 5.60. The number of nitrogens with zero attached hydrogens (tertiary/aromatic N) is 3. The molecule has 74 valence electrons. The molecule has 2 aliphatic rings. The van der Waals surface area contributed by atoms with Gasteiger partial charge in [-0.05, 0) is 25.7 Å². The molecule has 0 amide bonds. The predicted molar refractivity (Wildman–Crippen MR) is 50.0 cm³/mol. The van der Waals surface area contributed by atoms with E-state index >= 15 is 0 Å². The maximum absolute atomic E-state index is 10.8. The number of fused-ring (bicyclic) bond motifs is 1. The van der Waals surface area contributed by atoms with Crippen LogP contribution < -0.4 is 0 Å². The highest BCUT2D eigenvalue weighted by atomic mass is 16.1. The monoisotopic (exact) mass is 191 g/mol. The van der Waals surface area contributed by atoms with Gasteiger partial charge >= 0.3 is 0 Å². The first-order valence-electron chi connectivity index (χ1n) is 5.28. The van der Waals surface area contributed by atoms with Crippen molar-refractivity contribution < 1.29 is 4.79 Å². The Labute approximate surface area is 82.3 Å². The van der Waals surface area contributed by atoms with E-state index in [2.05, 4.69) is 10.1 Å². The lowest BCUT2D eigenvalue weighted by atomic mass is 10.0. The number of rotatable bonds is 2. The van der Waals surface area contributed by atoms with Gasteiger partial charge in [0.2, 0.25) is 0 Å². The summed E-state index contributed by atoms with van der Waals surface area (Å²) in [6.45, 7) is 0.930. The average Bonchev–Trinajstić information content (AvgIpc) is 2.97. The maximum atomic E-state index is 10.8. The zero-order valence-corrected chi connectivity index (χ0v) is 8.02. The van der Waals surface area contributed by atoms with E-state index in [0.29, 0.717) is 5.92 Å². The minimum Gasteiger partial charge on any atom is -0.303 e. The summed E-state index contributed by atoms with van der Waals surface area (Å²) in [6.07, 6.45) is 5.43. The second-order valence-corrected chi connectivity index (χ2v) is 4.21. The summed E-state index contributed by atoms with van der Waals surface area (Å²) >= 11 is 0. The van der Waals surface area contributed by atoms with Crippen LogP contribution in [0.25, 0.3) is 0 Å². The Morgan fingerprint density at radius 2 is 2.21 bits per heavy atom. The van der Waals surface area contributed by atoms with E-state index in [4.69, 9.17) is 0 Å². The van der Waals surface area contributed by atoms with E-state index < -0.39 is 0 Å². The zero-order valence-electron chi connectivity index (χ0n) is 8.02. The normalized spacial score (nSPS) is 25.9. The van der Waals surface area contributed by atoms with Crippen molar-refractivity contribution in [1.29, 1.82) is 0 Å². The molecule has 0 aromatic carbocycles. The van der Waals surface area contributed by atoms with E-state index in [-0.39, 0.29) is 5.92 Å². The number of carbonyl (C=O) groups excluding carboxylic acids is 1. The Bertz CT molecular complexity index is 367. The lowest BCUT2D eigenvalue weighted by Crippen LogP contribution is -2.17. The molecular weight excluding hydrogens is 178 g/mol. The summed E-state index contributed by atoms with van der Waals surface area (Å²) in [6, 6.07) is 0. The quantitative estimate of drug-likeness (QED) is 0.660. The smallest absolute Gasteiger partial charge is 0.154 e. The topological polar surface area (TPSA) is 47.8 Å². The van der Waals surface area contributed by atoms with Gasteiger partial charge in [-0.2, -0.15) is 5.10 Å². The molecule has 0 saturated heterocycles. The highest BCUT2D eigenvalue weighted by Gasteiger charge is 2.31. The maximum Gasteiger partial charge on any atom is 0.154 e. The number of aryl methyl sites for hydroxylation is 1. The number of hydrogen-bond acceptors (Lipinski definition) is 3. The van der Waals surface area contributed by atoms with Crippen molar-refractivity contribution in [3.63, 3.8) is 0 Å². The minimum atomic E-state index is -0.0104. The van der Waals surface area contributed by atoms with Crippen LogP contribution >= 0.6 is 0 Å². The molecule has 1 saturated carbocycles. The summed E-state index contributed by atoms with van der Waals surface area (Å²) in [7, 11) is 0. The van der Waals surface area contributed by atoms with Crippen molar-refractivity contribution in [3.8, 4) is 0 Å². The van der Waals surface area contributed by atoms with Crippen LogP contribution in [0.2, 0.25) is 0 Å². The van der Waals surface area contributed by atoms with Gasteiger partial charge in [-0.15, -0.1) is 0 Å². The van der Waals surface area contributed by atoms with Crippen LogP contribution in [0.1, 0.15) is 49.2 Å². The number of aromatic nitrogens is 3. The third-order valence-corrected chi connectivity index (χ3v) is 3.04. The molecule has 1 unspecified atom stereocenters. The number of hydrogen-bond donors (Lipinski definition) is 0. The van der Waals surface area contributed by atoms with Gasteiger partial charge in [-0.25, -0.2) is 9.67 Å². The Balaban J connectivity index is 1.99. The van der Waals surface area contributed by atoms with Gasteiger partial charge in [0.15, 0.2) is 5.82 Å². The van der Waals surface area contributed by atoms with E-state index in [9.17, 15) is 4.79 Å². The lowest BCUT2D eigenvalue weighted by Gasteiger charge is -2.16. The highest BCUT2D eigenvalue weighted by Crippen LogP contribution is 2.39. The van der Waals surface area contributed by atoms with Gasteiger partial charge in [0.05, 0.1) is 5.92 Å². The third kappa shape index (κ3) is 1.17. The molecule has 0 bridgehead atoms. The van der Waals surface area contributed by atoms with Gasteiger partial charge in [0, 0.05) is 12.5 Å². The molecule has 1 aromatic rings. The fourth-order valence-electron chi connectivity index (χ4n) is 2.04. The summed E-state index contributed by atoms with van der Waals surface area (Å²) in [5.41, 5.74) is 0. The van der Waals surface area contributed by atoms with Crippen LogP contribution in [0.4, 0.5) is 0 Å². The van der Waals surface area contributed by atoms with Crippen LogP contribution in [-0.2, 0) is 11.3 Å². The van der Waals surface area contributed by atoms with Crippen LogP contribution in [0.15, 0.2) is 0 Å². The van der Waals surface area contributed by atoms with Crippen molar-refractivity contribution >= 4 is 6.29 Å². The van der Waals surface area contributed by atoms with Crippen LogP contribution in [0, 0.1) is 0 Å². The lowest BCUT2D eigenvalue weighted by molar-refractivity contribution is -0.109. The standard InChI is InChI=1S/C10H13N3O/c14-6-8-2-1-5-13-10(8)11-9(12-13)7-3-4-7/h6-8H,1-5H2. The molecule has 1 aromatic heterocycles. The Hall–Kier alpha value is -1.19. The molecule has 0 N–H and O–H groups in total. The molecule has 14 heavy (non-hydrogen) atoms. The largest absolute Gasteiger partial charge is 0.303 e. The molecule has 0 spiro atoms. The van der Waals surface area contributed by atoms with Crippen molar-refractivity contribution in [2.75, 3.05) is 0 Å². The average molecular weight is 191 g/mol. The molecule has 1 aliphatic heterocycles. The SMILES string of the molecule is O=CC1CCCn2nc(C3CC3)nc21. The molecule has 1 atom stereocenters. The fourth-order valence-corrected chi connectivity index (χ4v) is 2.04. The van der Waals surface area contributed by atoms with E-state index in [1.165, 1.54) is 12.8 Å². The van der Waals surface area contributed by atoms with Crippen molar-refractivity contribution in [1.82, 2.24) is 14.8 Å². The first kappa shape index (κ1) is 8.15. The van der Waals surface area contributed by atoms with E-state index in [1.54, 1.807) is 0 Å². The third-order valence-electron chi connectivity index (χ3n) is 3.04. The molecule has 4 heteroatoms. The number of carbonyl (C=O) groups is 1. The molecular formula is C10H13N3O. The van der Waals surface area contributed by atoms with Crippen LogP contribution in [-0.4, -0.2) is 21.1 Å². The molecule has 4 nitrogen and oxygen atoms in total. The van der Waals surface area contributed by atoms with Gasteiger partial charge in [-0.3, -0.25) is 0 Å². The first-order valence-corrected chi connectivity index (χ1v) is 5.28. The fraction of sp³-hybridized carbons (Fsp3) is 0.700. The number of aldehydes is 1. The minimum absolute atomic E-state index is 0.0104. The summed E-state index contributed by atoms with van der Waals surface area (Å²) in [5.74, 6) is 2.44. The summed E-state index contributed by atoms with van der Waals surface area (Å²) in [4.78, 5) is 15.3. The van der Waals surface area contributed by atoms with Gasteiger partial charge in [-0.1, -0.05) is 0 Å². The summed E-state index contributed by atoms with van der Waals surface area (Å²) < 4.78 is 1.93. The van der Waals surface area contributed by atoms with Crippen molar-refractivity contribution in [2.45, 2.75) is 44.1 Å². The molecule has 2 heterocycles. The van der Waals surface area contributed by atoms with E-state index in [0.717, 1.165) is 37.3 Å². The van der Waals surface area contributed by atoms with Crippen LogP contribution in [0.5, 0.6) is 0 Å². The second kappa shape index (κ2) is 2.90. The van der Waals surface area contributed by atoms with Crippen molar-refractivity contribution in [2.24, 2.45) is 0 Å². The Kier molecular flexibility index (Phi) is 1.69. The molecule has 1 fully saturated rings. The van der Waals surface area contributed by atoms with Crippen LogP contribution in [0.3, 0.4) is 0 Å². The van der Waals surface area contributed by atoms with Crippen molar-refractivity contribution in [3.05, 3.63) is 11.6 Å². The summed E-state index contributed by atoms with van der Waals surface area (Å²) in [5, 5.41) is 4.46. The Morgan fingerprint density at radius 1 is 1.36 bits per heavy atom. The van der Waals surface area contributed by atoms with Gasteiger partial charge in [0.25, 0.3) is 0 Å². The molecule has 3 rings (SSSR count).